The monoisotopic (exact) mass is 268 g/mol. The van der Waals surface area contributed by atoms with Crippen molar-refractivity contribution in [1.82, 2.24) is 0 Å². The van der Waals surface area contributed by atoms with Crippen LogP contribution in [0.4, 0.5) is 8.78 Å². The second-order valence-electron chi connectivity index (χ2n) is 2.92. The molecule has 0 radical (unpaired) electrons. The number of halogens is 4. The lowest BCUT2D eigenvalue weighted by molar-refractivity contribution is -0.0500. The highest BCUT2D eigenvalue weighted by atomic mass is 35.5. The molecule has 0 spiro atoms. The van der Waals surface area contributed by atoms with Crippen LogP contribution in [0, 0.1) is 0 Å². The Morgan fingerprint density at radius 2 is 2.06 bits per heavy atom. The molecule has 0 atom stereocenters. The number of hydrogen-bond acceptors (Lipinski definition) is 2. The summed E-state index contributed by atoms with van der Waals surface area (Å²) in [5, 5.41) is 0.0908. The standard InChI is InChI=1S/C10H8Cl2F2O2/c1-2-8(15)6-3-5(11)4-7(12)9(6)16-10(13)14/h3-4,10H,2H2,1H3. The Morgan fingerprint density at radius 3 is 2.56 bits per heavy atom. The second-order valence-corrected chi connectivity index (χ2v) is 3.76. The number of ether oxygens (including phenoxy) is 1. The van der Waals surface area contributed by atoms with E-state index < -0.39 is 6.61 Å². The van der Waals surface area contributed by atoms with E-state index in [1.165, 1.54) is 12.1 Å². The SMILES string of the molecule is CCC(=O)c1cc(Cl)cc(Cl)c1OC(F)F. The fourth-order valence-electron chi connectivity index (χ4n) is 1.17. The van der Waals surface area contributed by atoms with Gasteiger partial charge in [-0.05, 0) is 12.1 Å². The first kappa shape index (κ1) is 13.2. The largest absolute Gasteiger partial charge is 0.432 e. The summed E-state index contributed by atoms with van der Waals surface area (Å²) in [6.45, 7) is -1.44. The number of hydrogen-bond donors (Lipinski definition) is 0. The van der Waals surface area contributed by atoms with Gasteiger partial charge < -0.3 is 4.74 Å². The van der Waals surface area contributed by atoms with Crippen molar-refractivity contribution in [1.29, 1.82) is 0 Å². The molecule has 0 aliphatic carbocycles. The van der Waals surface area contributed by atoms with E-state index in [1.807, 2.05) is 0 Å². The zero-order valence-electron chi connectivity index (χ0n) is 8.27. The van der Waals surface area contributed by atoms with Gasteiger partial charge in [-0.3, -0.25) is 4.79 Å². The van der Waals surface area contributed by atoms with Crippen molar-refractivity contribution in [2.75, 3.05) is 0 Å². The molecule has 1 aromatic rings. The molecule has 0 N–H and O–H groups in total. The Labute approximate surface area is 101 Å². The number of alkyl halides is 2. The summed E-state index contributed by atoms with van der Waals surface area (Å²) >= 11 is 11.4. The first-order chi connectivity index (χ1) is 7.45. The van der Waals surface area contributed by atoms with Crippen molar-refractivity contribution in [3.8, 4) is 5.75 Å². The number of carbonyl (C=O) groups is 1. The van der Waals surface area contributed by atoms with E-state index in [4.69, 9.17) is 23.2 Å². The Bertz CT molecular complexity index is 408. The molecule has 6 heteroatoms. The van der Waals surface area contributed by atoms with Crippen molar-refractivity contribution in [3.05, 3.63) is 27.7 Å². The molecule has 0 aromatic heterocycles. The quantitative estimate of drug-likeness (QED) is 0.766. The summed E-state index contributed by atoms with van der Waals surface area (Å²) in [6.07, 6.45) is 0.149. The van der Waals surface area contributed by atoms with Crippen LogP contribution in [-0.2, 0) is 0 Å². The van der Waals surface area contributed by atoms with Gasteiger partial charge in [0.1, 0.15) is 0 Å². The Balaban J connectivity index is 3.26. The van der Waals surface area contributed by atoms with Crippen LogP contribution in [0.3, 0.4) is 0 Å². The van der Waals surface area contributed by atoms with Crippen molar-refractivity contribution in [2.24, 2.45) is 0 Å². The Morgan fingerprint density at radius 1 is 1.44 bits per heavy atom. The smallest absolute Gasteiger partial charge is 0.387 e. The highest BCUT2D eigenvalue weighted by molar-refractivity contribution is 6.36. The predicted octanol–water partition coefficient (Wildman–Crippen LogP) is 4.19. The number of Topliss-reactive ketones (excluding diaryl/α,β-unsaturated/α-hetero) is 1. The molecule has 0 unspecified atom stereocenters. The zero-order chi connectivity index (χ0) is 12.3. The van der Waals surface area contributed by atoms with E-state index in [0.29, 0.717) is 0 Å². The Kier molecular flexibility index (Phi) is 4.50. The lowest BCUT2D eigenvalue weighted by Crippen LogP contribution is -2.08. The summed E-state index contributed by atoms with van der Waals surface area (Å²) in [7, 11) is 0. The molecule has 0 saturated carbocycles. The van der Waals surface area contributed by atoms with Gasteiger partial charge in [-0.15, -0.1) is 0 Å². The van der Waals surface area contributed by atoms with E-state index in [2.05, 4.69) is 4.74 Å². The minimum atomic E-state index is -3.04. The fourth-order valence-corrected chi connectivity index (χ4v) is 1.70. The van der Waals surface area contributed by atoms with Gasteiger partial charge >= 0.3 is 6.61 Å². The normalized spacial score (nSPS) is 10.6. The minimum Gasteiger partial charge on any atom is -0.432 e. The number of benzene rings is 1. The molecule has 0 heterocycles. The molecular weight excluding hydrogens is 261 g/mol. The molecule has 0 amide bonds. The summed E-state index contributed by atoms with van der Waals surface area (Å²) < 4.78 is 28.5. The molecule has 0 aliphatic heterocycles. The summed E-state index contributed by atoms with van der Waals surface area (Å²) in [5.41, 5.74) is -0.0275. The predicted molar refractivity (Wildman–Crippen MR) is 57.7 cm³/mol. The van der Waals surface area contributed by atoms with E-state index in [9.17, 15) is 13.6 Å². The molecule has 1 aromatic carbocycles. The Hall–Kier alpha value is -0.870. The van der Waals surface area contributed by atoms with E-state index >= 15 is 0 Å². The van der Waals surface area contributed by atoms with Gasteiger partial charge in [0, 0.05) is 11.4 Å². The van der Waals surface area contributed by atoms with Gasteiger partial charge in [-0.25, -0.2) is 0 Å². The van der Waals surface area contributed by atoms with Gasteiger partial charge in [-0.1, -0.05) is 30.1 Å². The second kappa shape index (κ2) is 5.46. The fraction of sp³-hybridized carbons (Fsp3) is 0.300. The first-order valence-corrected chi connectivity index (χ1v) is 5.18. The molecule has 88 valence electrons. The molecule has 0 bridgehead atoms. The lowest BCUT2D eigenvalue weighted by atomic mass is 10.1. The summed E-state index contributed by atoms with van der Waals surface area (Å²) in [4.78, 5) is 11.5. The van der Waals surface area contributed by atoms with Gasteiger partial charge in [0.05, 0.1) is 10.6 Å². The highest BCUT2D eigenvalue weighted by Gasteiger charge is 2.18. The third-order valence-corrected chi connectivity index (χ3v) is 2.34. The number of carbonyl (C=O) groups excluding carboxylic acids is 1. The molecule has 16 heavy (non-hydrogen) atoms. The average molecular weight is 269 g/mol. The van der Waals surface area contributed by atoms with Crippen LogP contribution in [0.15, 0.2) is 12.1 Å². The van der Waals surface area contributed by atoms with Crippen molar-refractivity contribution >= 4 is 29.0 Å². The zero-order valence-corrected chi connectivity index (χ0v) is 9.78. The maximum absolute atomic E-state index is 12.1. The number of ketones is 1. The molecular formula is C10H8Cl2F2O2. The number of rotatable bonds is 4. The van der Waals surface area contributed by atoms with Crippen LogP contribution in [0.1, 0.15) is 23.7 Å². The maximum atomic E-state index is 12.1. The first-order valence-electron chi connectivity index (χ1n) is 4.42. The van der Waals surface area contributed by atoms with E-state index in [1.54, 1.807) is 6.92 Å². The summed E-state index contributed by atoms with van der Waals surface area (Å²) in [5.74, 6) is -0.687. The topological polar surface area (TPSA) is 26.3 Å². The molecule has 1 rings (SSSR count). The third kappa shape index (κ3) is 3.06. The highest BCUT2D eigenvalue weighted by Crippen LogP contribution is 2.34. The van der Waals surface area contributed by atoms with Gasteiger partial charge in [0.2, 0.25) is 0 Å². The van der Waals surface area contributed by atoms with Crippen LogP contribution >= 0.6 is 23.2 Å². The maximum Gasteiger partial charge on any atom is 0.387 e. The van der Waals surface area contributed by atoms with Crippen LogP contribution in [-0.4, -0.2) is 12.4 Å². The lowest BCUT2D eigenvalue weighted by Gasteiger charge is -2.11. The molecule has 0 saturated heterocycles. The minimum absolute atomic E-state index is 0.0275. The van der Waals surface area contributed by atoms with Gasteiger partial charge in [0.25, 0.3) is 0 Å². The van der Waals surface area contributed by atoms with Crippen LogP contribution < -0.4 is 4.74 Å². The van der Waals surface area contributed by atoms with Crippen LogP contribution in [0.2, 0.25) is 10.0 Å². The van der Waals surface area contributed by atoms with E-state index in [0.717, 1.165) is 0 Å². The van der Waals surface area contributed by atoms with Crippen molar-refractivity contribution < 1.29 is 18.3 Å². The molecule has 0 aliphatic rings. The molecule has 2 nitrogen and oxygen atoms in total. The van der Waals surface area contributed by atoms with Crippen LogP contribution in [0.5, 0.6) is 5.75 Å². The molecule has 0 fully saturated rings. The van der Waals surface area contributed by atoms with Crippen LogP contribution in [0.25, 0.3) is 0 Å². The summed E-state index contributed by atoms with van der Waals surface area (Å²) in [6, 6.07) is 2.50. The van der Waals surface area contributed by atoms with Gasteiger partial charge in [-0.2, -0.15) is 8.78 Å². The third-order valence-electron chi connectivity index (χ3n) is 1.84. The van der Waals surface area contributed by atoms with Gasteiger partial charge in [0.15, 0.2) is 11.5 Å². The van der Waals surface area contributed by atoms with Crippen molar-refractivity contribution in [2.45, 2.75) is 20.0 Å². The van der Waals surface area contributed by atoms with Crippen molar-refractivity contribution in [3.63, 3.8) is 0 Å². The average Bonchev–Trinajstić information content (AvgIpc) is 2.20. The van der Waals surface area contributed by atoms with E-state index in [-0.39, 0.29) is 33.6 Å².